The number of pyridine rings is 1. The highest BCUT2D eigenvalue weighted by atomic mass is 35.5. The third-order valence-electron chi connectivity index (χ3n) is 1.99. The zero-order valence-corrected chi connectivity index (χ0v) is 9.25. The second-order valence-electron chi connectivity index (χ2n) is 3.01. The van der Waals surface area contributed by atoms with E-state index in [9.17, 15) is 0 Å². The van der Waals surface area contributed by atoms with Crippen molar-refractivity contribution < 1.29 is 0 Å². The van der Waals surface area contributed by atoms with Gasteiger partial charge in [0.15, 0.2) is 0 Å². The van der Waals surface area contributed by atoms with Gasteiger partial charge < -0.3 is 0 Å². The van der Waals surface area contributed by atoms with Crippen molar-refractivity contribution in [1.29, 1.82) is 0 Å². The van der Waals surface area contributed by atoms with E-state index < -0.39 is 0 Å². The molecule has 0 unspecified atom stereocenters. The first-order valence-electron chi connectivity index (χ1n) is 4.64. The lowest BCUT2D eigenvalue weighted by atomic mass is 10.1. The van der Waals surface area contributed by atoms with Crippen molar-refractivity contribution in [2.45, 2.75) is 20.3 Å². The van der Waals surface area contributed by atoms with Gasteiger partial charge in [0.05, 0.1) is 0 Å². The molecular weight excluding hydrogens is 194 g/mol. The monoisotopic (exact) mass is 207 g/mol. The highest BCUT2D eigenvalue weighted by molar-refractivity contribution is 6.31. The van der Waals surface area contributed by atoms with E-state index in [1.54, 1.807) is 6.20 Å². The van der Waals surface area contributed by atoms with E-state index in [0.29, 0.717) is 0 Å². The van der Waals surface area contributed by atoms with Gasteiger partial charge in [0.1, 0.15) is 0 Å². The molecule has 0 N–H and O–H groups in total. The van der Waals surface area contributed by atoms with E-state index in [1.807, 2.05) is 32.2 Å². The minimum atomic E-state index is 0.781. The quantitative estimate of drug-likeness (QED) is 0.688. The highest BCUT2D eigenvalue weighted by Crippen LogP contribution is 2.17. The molecule has 1 rings (SSSR count). The van der Waals surface area contributed by atoms with Crippen LogP contribution in [0, 0.1) is 0 Å². The number of halogens is 1. The molecule has 0 amide bonds. The number of aromatic nitrogens is 1. The van der Waals surface area contributed by atoms with Crippen molar-refractivity contribution in [3.05, 3.63) is 52.8 Å². The lowest BCUT2D eigenvalue weighted by molar-refractivity contribution is 1.14. The van der Waals surface area contributed by atoms with Crippen LogP contribution in [0.3, 0.4) is 0 Å². The van der Waals surface area contributed by atoms with Gasteiger partial charge in [0.25, 0.3) is 0 Å². The van der Waals surface area contributed by atoms with Crippen molar-refractivity contribution in [2.24, 2.45) is 0 Å². The summed E-state index contributed by atoms with van der Waals surface area (Å²) in [5, 5.41) is 0.781. The molecule has 0 aliphatic rings. The Morgan fingerprint density at radius 3 is 2.86 bits per heavy atom. The first kappa shape index (κ1) is 11.0. The van der Waals surface area contributed by atoms with Gasteiger partial charge in [-0.15, -0.1) is 0 Å². The summed E-state index contributed by atoms with van der Waals surface area (Å²) in [6, 6.07) is 1.82. The fourth-order valence-corrected chi connectivity index (χ4v) is 1.40. The topological polar surface area (TPSA) is 12.9 Å². The lowest BCUT2D eigenvalue weighted by Crippen LogP contribution is -1.90. The molecule has 1 nitrogen and oxygen atoms in total. The Balaban J connectivity index is 2.83. The number of allylic oxidation sites excluding steroid dienone is 4. The van der Waals surface area contributed by atoms with Crippen LogP contribution >= 0.6 is 11.6 Å². The Morgan fingerprint density at radius 1 is 1.50 bits per heavy atom. The third-order valence-corrected chi connectivity index (χ3v) is 2.36. The van der Waals surface area contributed by atoms with Crippen LogP contribution in [-0.4, -0.2) is 4.98 Å². The summed E-state index contributed by atoms with van der Waals surface area (Å²) >= 11 is 6.03. The summed E-state index contributed by atoms with van der Waals surface area (Å²) in [6.45, 7) is 4.04. The first-order chi connectivity index (χ1) is 6.77. The maximum Gasteiger partial charge on any atom is 0.0472 e. The number of hydrogen-bond acceptors (Lipinski definition) is 1. The number of hydrogen-bond donors (Lipinski definition) is 0. The molecule has 2 heteroatoms. The normalized spacial score (nSPS) is 12.4. The molecule has 0 fully saturated rings. The molecule has 0 saturated carbocycles. The molecule has 0 aliphatic heterocycles. The average molecular weight is 208 g/mol. The Kier molecular flexibility index (Phi) is 4.41. The van der Waals surface area contributed by atoms with Gasteiger partial charge in [-0.2, -0.15) is 0 Å². The summed E-state index contributed by atoms with van der Waals surface area (Å²) in [5.41, 5.74) is 2.32. The van der Waals surface area contributed by atoms with Crippen molar-refractivity contribution in [2.75, 3.05) is 0 Å². The summed E-state index contributed by atoms with van der Waals surface area (Å²) < 4.78 is 0. The van der Waals surface area contributed by atoms with Crippen molar-refractivity contribution in [3.63, 3.8) is 0 Å². The smallest absolute Gasteiger partial charge is 0.0472 e. The van der Waals surface area contributed by atoms with Crippen LogP contribution in [0.25, 0.3) is 0 Å². The van der Waals surface area contributed by atoms with Crippen molar-refractivity contribution >= 4 is 11.6 Å². The molecule has 74 valence electrons. The van der Waals surface area contributed by atoms with E-state index in [-0.39, 0.29) is 0 Å². The van der Waals surface area contributed by atoms with Gasteiger partial charge in [-0.25, -0.2) is 0 Å². The summed E-state index contributed by atoms with van der Waals surface area (Å²) in [6.07, 6.45) is 10.6. The minimum Gasteiger partial charge on any atom is -0.264 e. The molecule has 1 heterocycles. The molecule has 0 bridgehead atoms. The van der Waals surface area contributed by atoms with Crippen molar-refractivity contribution in [1.82, 2.24) is 4.98 Å². The van der Waals surface area contributed by atoms with Gasteiger partial charge in [0, 0.05) is 23.8 Å². The third kappa shape index (κ3) is 3.00. The minimum absolute atomic E-state index is 0.781. The number of rotatable bonds is 3. The fourth-order valence-electron chi connectivity index (χ4n) is 1.23. The maximum absolute atomic E-state index is 6.03. The van der Waals surface area contributed by atoms with Crippen LogP contribution in [0.5, 0.6) is 0 Å². The van der Waals surface area contributed by atoms with Gasteiger partial charge in [-0.1, -0.05) is 29.8 Å². The largest absolute Gasteiger partial charge is 0.264 e. The molecule has 0 saturated heterocycles. The summed E-state index contributed by atoms with van der Waals surface area (Å²) in [4.78, 5) is 4.06. The Hall–Kier alpha value is -1.08. The average Bonchev–Trinajstić information content (AvgIpc) is 2.20. The predicted octanol–water partition coefficient (Wildman–Crippen LogP) is 3.80. The zero-order chi connectivity index (χ0) is 10.4. The van der Waals surface area contributed by atoms with Crippen LogP contribution in [0.2, 0.25) is 5.02 Å². The van der Waals surface area contributed by atoms with Crippen LogP contribution in [0.4, 0.5) is 0 Å². The molecule has 0 radical (unpaired) electrons. The molecular formula is C12H14ClN. The Labute approximate surface area is 90.1 Å². The van der Waals surface area contributed by atoms with Gasteiger partial charge in [-0.05, 0) is 31.1 Å². The van der Waals surface area contributed by atoms with E-state index in [0.717, 1.165) is 17.0 Å². The van der Waals surface area contributed by atoms with Crippen LogP contribution in [-0.2, 0) is 6.42 Å². The number of nitrogens with zero attached hydrogens (tertiary/aromatic N) is 1. The van der Waals surface area contributed by atoms with E-state index in [2.05, 4.69) is 17.1 Å². The Bertz CT molecular complexity index is 353. The first-order valence-corrected chi connectivity index (χ1v) is 5.02. The molecule has 14 heavy (non-hydrogen) atoms. The highest BCUT2D eigenvalue weighted by Gasteiger charge is 2.00. The molecule has 0 spiro atoms. The fraction of sp³-hybridized carbons (Fsp3) is 0.250. The van der Waals surface area contributed by atoms with Gasteiger partial charge in [0.2, 0.25) is 0 Å². The lowest BCUT2D eigenvalue weighted by Gasteiger charge is -2.03. The molecule has 0 aromatic carbocycles. The van der Waals surface area contributed by atoms with Gasteiger partial charge >= 0.3 is 0 Å². The zero-order valence-electron chi connectivity index (χ0n) is 8.50. The molecule has 1 aromatic rings. The van der Waals surface area contributed by atoms with E-state index in [4.69, 9.17) is 11.6 Å². The van der Waals surface area contributed by atoms with E-state index in [1.165, 1.54) is 5.57 Å². The second kappa shape index (κ2) is 5.61. The Morgan fingerprint density at radius 2 is 2.29 bits per heavy atom. The van der Waals surface area contributed by atoms with Crippen molar-refractivity contribution in [3.8, 4) is 0 Å². The SMILES string of the molecule is C/C=C\C(=C/C)Cc1cnccc1Cl. The second-order valence-corrected chi connectivity index (χ2v) is 3.41. The molecule has 0 atom stereocenters. The maximum atomic E-state index is 6.03. The predicted molar refractivity (Wildman–Crippen MR) is 61.5 cm³/mol. The van der Waals surface area contributed by atoms with Crippen LogP contribution in [0.1, 0.15) is 19.4 Å². The molecule has 1 aromatic heterocycles. The summed E-state index contributed by atoms with van der Waals surface area (Å²) in [5.74, 6) is 0. The van der Waals surface area contributed by atoms with Gasteiger partial charge in [-0.3, -0.25) is 4.98 Å². The van der Waals surface area contributed by atoms with E-state index >= 15 is 0 Å². The van der Waals surface area contributed by atoms with Crippen LogP contribution in [0.15, 0.2) is 42.3 Å². The molecule has 0 aliphatic carbocycles. The standard InChI is InChI=1S/C12H14ClN/c1-3-5-10(4-2)8-11-9-14-7-6-12(11)13/h3-7,9H,8H2,1-2H3/b5-3-,10-4+. The summed E-state index contributed by atoms with van der Waals surface area (Å²) in [7, 11) is 0. The van der Waals surface area contributed by atoms with Crippen LogP contribution < -0.4 is 0 Å².